The van der Waals surface area contributed by atoms with Gasteiger partial charge in [-0.1, -0.05) is 66.7 Å². The lowest BCUT2D eigenvalue weighted by Gasteiger charge is -2.43. The standard InChI is InChI=1S/C41H51FN4O2/c1-28-25-46(26-29(2)47-28)41-37(23-30-11-6-5-7-12-30)43-40(48-41)39(45-22-21-31-13-8-9-14-35(31)27-45)33-19-17-32(18-20-33)38(44(3)4)34-15-10-16-36(42)24-34/h5-16,24,28-29,32-33,38-39H,17-23,25-27H2,1-4H3. The molecule has 2 fully saturated rings. The summed E-state index contributed by atoms with van der Waals surface area (Å²) in [5.41, 5.74) is 6.20. The average molecular weight is 651 g/mol. The van der Waals surface area contributed by atoms with Crippen LogP contribution in [0.3, 0.4) is 0 Å². The van der Waals surface area contributed by atoms with Crippen molar-refractivity contribution in [1.82, 2.24) is 14.8 Å². The van der Waals surface area contributed by atoms with E-state index in [-0.39, 0.29) is 30.1 Å². The van der Waals surface area contributed by atoms with Crippen molar-refractivity contribution in [2.45, 2.75) is 83.2 Å². The summed E-state index contributed by atoms with van der Waals surface area (Å²) in [5, 5.41) is 0. The van der Waals surface area contributed by atoms with Gasteiger partial charge in [-0.25, -0.2) is 9.37 Å². The highest BCUT2D eigenvalue weighted by molar-refractivity contribution is 5.45. The molecule has 1 saturated carbocycles. The maximum Gasteiger partial charge on any atom is 0.220 e. The van der Waals surface area contributed by atoms with E-state index in [4.69, 9.17) is 14.1 Å². The summed E-state index contributed by atoms with van der Waals surface area (Å²) < 4.78 is 27.5. The Morgan fingerprint density at radius 2 is 1.54 bits per heavy atom. The molecular formula is C41H51FN4O2. The number of morpholine rings is 1. The third kappa shape index (κ3) is 7.24. The summed E-state index contributed by atoms with van der Waals surface area (Å²) in [5.74, 6) is 2.49. The first-order valence-electron chi connectivity index (χ1n) is 18.0. The lowest BCUT2D eigenvalue weighted by atomic mass is 9.73. The highest BCUT2D eigenvalue weighted by Crippen LogP contribution is 2.46. The predicted molar refractivity (Wildman–Crippen MR) is 190 cm³/mol. The molecule has 48 heavy (non-hydrogen) atoms. The maximum atomic E-state index is 14.3. The molecule has 1 aliphatic carbocycles. The van der Waals surface area contributed by atoms with Crippen molar-refractivity contribution in [3.05, 3.63) is 119 Å². The molecule has 0 radical (unpaired) electrons. The first kappa shape index (κ1) is 33.0. The van der Waals surface area contributed by atoms with Crippen LogP contribution in [-0.2, 0) is 24.1 Å². The zero-order valence-electron chi connectivity index (χ0n) is 29.0. The number of rotatable bonds is 9. The van der Waals surface area contributed by atoms with E-state index in [1.54, 1.807) is 12.1 Å². The molecule has 7 heteroatoms. The molecule has 0 N–H and O–H groups in total. The largest absolute Gasteiger partial charge is 0.423 e. The molecule has 4 aromatic rings. The van der Waals surface area contributed by atoms with Crippen molar-refractivity contribution in [2.24, 2.45) is 11.8 Å². The van der Waals surface area contributed by atoms with Crippen LogP contribution in [0.15, 0.2) is 83.3 Å². The van der Waals surface area contributed by atoms with E-state index in [0.717, 1.165) is 87.7 Å². The zero-order valence-corrected chi connectivity index (χ0v) is 29.0. The van der Waals surface area contributed by atoms with Gasteiger partial charge in [0.25, 0.3) is 0 Å². The number of hydrogen-bond acceptors (Lipinski definition) is 6. The zero-order chi connectivity index (χ0) is 33.2. The van der Waals surface area contributed by atoms with Gasteiger partial charge in [0.2, 0.25) is 11.8 Å². The Morgan fingerprint density at radius 1 is 0.854 bits per heavy atom. The topological polar surface area (TPSA) is 45.0 Å². The number of hydrogen-bond donors (Lipinski definition) is 0. The van der Waals surface area contributed by atoms with Gasteiger partial charge in [0.1, 0.15) is 11.5 Å². The van der Waals surface area contributed by atoms with E-state index < -0.39 is 0 Å². The lowest BCUT2D eigenvalue weighted by molar-refractivity contribution is -0.00675. The fourth-order valence-electron chi connectivity index (χ4n) is 8.85. The number of fused-ring (bicyclic) bond motifs is 1. The number of halogens is 1. The third-order valence-corrected chi connectivity index (χ3v) is 10.9. The summed E-state index contributed by atoms with van der Waals surface area (Å²) in [6, 6.07) is 27.0. The Balaban J connectivity index is 1.22. The van der Waals surface area contributed by atoms with Crippen LogP contribution in [0.5, 0.6) is 0 Å². The molecule has 0 amide bonds. The highest BCUT2D eigenvalue weighted by Gasteiger charge is 2.40. The van der Waals surface area contributed by atoms with Crippen LogP contribution >= 0.6 is 0 Å². The van der Waals surface area contributed by atoms with Crippen LogP contribution < -0.4 is 4.90 Å². The number of aromatic nitrogens is 1. The summed E-state index contributed by atoms with van der Waals surface area (Å²) in [6.45, 7) is 7.77. The molecule has 7 rings (SSSR count). The molecular weight excluding hydrogens is 599 g/mol. The Kier molecular flexibility index (Phi) is 9.99. The molecule has 4 atom stereocenters. The van der Waals surface area contributed by atoms with Crippen molar-refractivity contribution >= 4 is 5.88 Å². The van der Waals surface area contributed by atoms with Gasteiger partial charge in [-0.05, 0) is 106 Å². The Morgan fingerprint density at radius 3 is 2.25 bits per heavy atom. The van der Waals surface area contributed by atoms with Gasteiger partial charge in [-0.15, -0.1) is 0 Å². The van der Waals surface area contributed by atoms with Crippen LogP contribution in [0.1, 0.15) is 85.5 Å². The summed E-state index contributed by atoms with van der Waals surface area (Å²) in [6.07, 6.45) is 6.38. The van der Waals surface area contributed by atoms with Crippen LogP contribution in [0.4, 0.5) is 10.3 Å². The maximum absolute atomic E-state index is 14.3. The van der Waals surface area contributed by atoms with Crippen molar-refractivity contribution in [1.29, 1.82) is 0 Å². The molecule has 254 valence electrons. The van der Waals surface area contributed by atoms with Gasteiger partial charge in [0, 0.05) is 38.6 Å². The average Bonchev–Trinajstić information content (AvgIpc) is 3.48. The van der Waals surface area contributed by atoms with Gasteiger partial charge in [0.15, 0.2) is 0 Å². The molecule has 1 saturated heterocycles. The fourth-order valence-corrected chi connectivity index (χ4v) is 8.85. The SMILES string of the molecule is CC1CN(c2oc(C(C3CCC(C(c4cccc(F)c4)N(C)C)CC3)N3CCc4ccccc4C3)nc2Cc2ccccc2)CC(C)O1. The highest BCUT2D eigenvalue weighted by atomic mass is 19.1. The van der Waals surface area contributed by atoms with Crippen molar-refractivity contribution in [3.63, 3.8) is 0 Å². The first-order valence-corrected chi connectivity index (χ1v) is 18.0. The van der Waals surface area contributed by atoms with Gasteiger partial charge < -0.3 is 19.0 Å². The molecule has 6 nitrogen and oxygen atoms in total. The second-order valence-corrected chi connectivity index (χ2v) is 14.7. The number of nitrogens with zero attached hydrogens (tertiary/aromatic N) is 4. The van der Waals surface area contributed by atoms with Crippen molar-refractivity contribution in [3.8, 4) is 0 Å². The quantitative estimate of drug-likeness (QED) is 0.182. The summed E-state index contributed by atoms with van der Waals surface area (Å²) >= 11 is 0. The summed E-state index contributed by atoms with van der Waals surface area (Å²) in [4.78, 5) is 12.7. The first-order chi connectivity index (χ1) is 23.3. The lowest BCUT2D eigenvalue weighted by Crippen LogP contribution is -2.45. The second kappa shape index (κ2) is 14.5. The number of benzene rings is 3. The minimum atomic E-state index is -0.159. The van der Waals surface area contributed by atoms with Gasteiger partial charge in [-0.3, -0.25) is 4.90 Å². The van der Waals surface area contributed by atoms with Gasteiger partial charge >= 0.3 is 0 Å². The van der Waals surface area contributed by atoms with E-state index in [9.17, 15) is 4.39 Å². The van der Waals surface area contributed by atoms with E-state index in [1.807, 2.05) is 6.07 Å². The van der Waals surface area contributed by atoms with Crippen molar-refractivity contribution in [2.75, 3.05) is 38.6 Å². The van der Waals surface area contributed by atoms with Crippen LogP contribution in [0, 0.1) is 17.7 Å². The predicted octanol–water partition coefficient (Wildman–Crippen LogP) is 8.23. The van der Waals surface area contributed by atoms with Crippen LogP contribution in [-0.4, -0.2) is 60.7 Å². The van der Waals surface area contributed by atoms with Gasteiger partial charge in [0.05, 0.1) is 18.2 Å². The van der Waals surface area contributed by atoms with E-state index in [1.165, 1.54) is 16.7 Å². The normalized spacial score (nSPS) is 24.8. The molecule has 0 spiro atoms. The minimum Gasteiger partial charge on any atom is -0.423 e. The molecule has 3 heterocycles. The van der Waals surface area contributed by atoms with E-state index in [0.29, 0.717) is 11.8 Å². The van der Waals surface area contributed by atoms with E-state index >= 15 is 0 Å². The van der Waals surface area contributed by atoms with Gasteiger partial charge in [-0.2, -0.15) is 0 Å². The minimum absolute atomic E-state index is 0.0884. The molecule has 0 bridgehead atoms. The molecule has 3 aliphatic rings. The van der Waals surface area contributed by atoms with E-state index in [2.05, 4.69) is 103 Å². The Bertz CT molecular complexity index is 1640. The van der Waals surface area contributed by atoms with Crippen LogP contribution in [0.2, 0.25) is 0 Å². The van der Waals surface area contributed by atoms with Crippen molar-refractivity contribution < 1.29 is 13.5 Å². The second-order valence-electron chi connectivity index (χ2n) is 14.7. The number of oxazole rings is 1. The number of anilines is 1. The fraction of sp³-hybridized carbons (Fsp3) is 0.488. The summed E-state index contributed by atoms with van der Waals surface area (Å²) in [7, 11) is 4.26. The van der Waals surface area contributed by atoms with Crippen LogP contribution in [0.25, 0.3) is 0 Å². The monoisotopic (exact) mass is 650 g/mol. The third-order valence-electron chi connectivity index (χ3n) is 10.9. The molecule has 2 aliphatic heterocycles. The molecule has 3 aromatic carbocycles. The Hall–Kier alpha value is -3.52. The molecule has 1 aromatic heterocycles. The molecule has 4 unspecified atom stereocenters. The smallest absolute Gasteiger partial charge is 0.220 e. The Labute approximate surface area is 285 Å². The number of ether oxygens (including phenoxy) is 1.